The van der Waals surface area contributed by atoms with E-state index in [1.807, 2.05) is 12.1 Å². The summed E-state index contributed by atoms with van der Waals surface area (Å²) in [6.45, 7) is 2.13. The summed E-state index contributed by atoms with van der Waals surface area (Å²) in [5.74, 6) is 0.726. The van der Waals surface area contributed by atoms with Gasteiger partial charge in [-0.2, -0.15) is 0 Å². The lowest BCUT2D eigenvalue weighted by Gasteiger charge is -2.59. The van der Waals surface area contributed by atoms with E-state index < -0.39 is 28.3 Å². The van der Waals surface area contributed by atoms with E-state index in [9.17, 15) is 24.1 Å². The second-order valence-electron chi connectivity index (χ2n) is 9.83. The van der Waals surface area contributed by atoms with Crippen molar-refractivity contribution < 1.29 is 24.1 Å². The van der Waals surface area contributed by atoms with Gasteiger partial charge in [-0.1, -0.05) is 17.1 Å². The number of fused-ring (bicyclic) bond motifs is 1. The Morgan fingerprint density at radius 2 is 2.13 bits per heavy atom. The topological polar surface area (TPSA) is 116 Å². The zero-order chi connectivity index (χ0) is 21.1. The number of hydrogen-bond acceptors (Lipinski definition) is 7. The number of hydrogen-bond donors (Lipinski definition) is 4. The SMILES string of the molecule is O=S([O-])CCNC(O)C1CC23CCN(CC4CC4)C(Cc4ccc(O)cc42)C3(O)C1. The number of aliphatic hydroxyl groups excluding tert-OH is 1. The molecule has 0 spiro atoms. The van der Waals surface area contributed by atoms with Crippen LogP contribution in [0, 0.1) is 11.8 Å². The first-order valence-corrected chi connectivity index (χ1v) is 12.3. The highest BCUT2D eigenvalue weighted by Gasteiger charge is 2.67. The second kappa shape index (κ2) is 7.53. The van der Waals surface area contributed by atoms with Crippen LogP contribution in [-0.2, 0) is 22.9 Å². The van der Waals surface area contributed by atoms with Crippen molar-refractivity contribution in [2.75, 3.05) is 25.4 Å². The molecule has 3 fully saturated rings. The fourth-order valence-corrected chi connectivity index (χ4v) is 6.84. The number of benzene rings is 1. The lowest BCUT2D eigenvalue weighted by Crippen LogP contribution is -2.69. The van der Waals surface area contributed by atoms with Crippen molar-refractivity contribution in [3.8, 4) is 5.75 Å². The molecule has 0 aromatic heterocycles. The molecule has 5 rings (SSSR count). The van der Waals surface area contributed by atoms with Crippen molar-refractivity contribution in [1.82, 2.24) is 10.2 Å². The third kappa shape index (κ3) is 3.32. The van der Waals surface area contributed by atoms with Crippen LogP contribution >= 0.6 is 0 Å². The van der Waals surface area contributed by atoms with Crippen LogP contribution < -0.4 is 5.32 Å². The Morgan fingerprint density at radius 1 is 1.33 bits per heavy atom. The quantitative estimate of drug-likeness (QED) is 0.366. The predicted molar refractivity (Wildman–Crippen MR) is 112 cm³/mol. The maximum Gasteiger partial charge on any atom is 0.115 e. The van der Waals surface area contributed by atoms with Gasteiger partial charge in [0.2, 0.25) is 0 Å². The van der Waals surface area contributed by atoms with Crippen molar-refractivity contribution in [2.45, 2.75) is 61.8 Å². The number of nitrogens with one attached hydrogen (secondary N) is 1. The van der Waals surface area contributed by atoms with E-state index in [2.05, 4.69) is 10.2 Å². The van der Waals surface area contributed by atoms with E-state index in [-0.39, 0.29) is 30.0 Å². The van der Waals surface area contributed by atoms with Gasteiger partial charge in [-0.3, -0.25) is 14.4 Å². The van der Waals surface area contributed by atoms with Crippen molar-refractivity contribution in [1.29, 1.82) is 0 Å². The molecule has 7 nitrogen and oxygen atoms in total. The fraction of sp³-hybridized carbons (Fsp3) is 0.727. The maximum absolute atomic E-state index is 12.2. The third-order valence-electron chi connectivity index (χ3n) is 8.11. The summed E-state index contributed by atoms with van der Waals surface area (Å²) in [6.07, 6.45) is 4.33. The van der Waals surface area contributed by atoms with Crippen LogP contribution in [0.25, 0.3) is 0 Å². The molecule has 1 saturated heterocycles. The van der Waals surface area contributed by atoms with Gasteiger partial charge in [0.25, 0.3) is 0 Å². The van der Waals surface area contributed by atoms with Crippen LogP contribution in [0.1, 0.15) is 43.2 Å². The number of nitrogens with zero attached hydrogens (tertiary/aromatic N) is 1. The highest BCUT2D eigenvalue weighted by Crippen LogP contribution is 2.62. The van der Waals surface area contributed by atoms with Gasteiger partial charge >= 0.3 is 0 Å². The Hall–Kier alpha value is -1.03. The number of rotatable bonds is 7. The molecular formula is C22H31N2O5S-. The minimum absolute atomic E-state index is 0.00948. The monoisotopic (exact) mass is 435 g/mol. The molecule has 4 N–H and O–H groups in total. The zero-order valence-electron chi connectivity index (χ0n) is 17.1. The number of aromatic hydroxyl groups is 1. The van der Waals surface area contributed by atoms with Crippen LogP contribution in [0.3, 0.4) is 0 Å². The molecule has 30 heavy (non-hydrogen) atoms. The van der Waals surface area contributed by atoms with E-state index in [1.165, 1.54) is 18.4 Å². The molecule has 6 unspecified atom stereocenters. The van der Waals surface area contributed by atoms with Crippen LogP contribution in [0.5, 0.6) is 5.75 Å². The Bertz CT molecular complexity index is 849. The molecule has 8 heteroatoms. The van der Waals surface area contributed by atoms with Crippen molar-refractivity contribution in [2.24, 2.45) is 11.8 Å². The molecule has 1 heterocycles. The van der Waals surface area contributed by atoms with Gasteiger partial charge < -0.3 is 19.9 Å². The Balaban J connectivity index is 1.47. The van der Waals surface area contributed by atoms with Crippen molar-refractivity contribution in [3.63, 3.8) is 0 Å². The molecule has 1 aromatic rings. The first-order valence-electron chi connectivity index (χ1n) is 11.1. The fourth-order valence-electron chi connectivity index (χ4n) is 6.56. The highest BCUT2D eigenvalue weighted by molar-refractivity contribution is 7.79. The molecule has 2 saturated carbocycles. The molecule has 2 bridgehead atoms. The van der Waals surface area contributed by atoms with Gasteiger partial charge in [-0.05, 0) is 74.2 Å². The van der Waals surface area contributed by atoms with Crippen LogP contribution in [0.4, 0.5) is 0 Å². The van der Waals surface area contributed by atoms with Crippen LogP contribution in [0.2, 0.25) is 0 Å². The minimum atomic E-state index is -2.15. The molecule has 1 aliphatic heterocycles. The number of likely N-dealkylation sites (tertiary alicyclic amines) is 1. The van der Waals surface area contributed by atoms with Gasteiger partial charge in [0.1, 0.15) is 12.0 Å². The summed E-state index contributed by atoms with van der Waals surface area (Å²) < 4.78 is 21.6. The van der Waals surface area contributed by atoms with E-state index in [0.717, 1.165) is 37.4 Å². The molecule has 3 aliphatic carbocycles. The normalized spacial score (nSPS) is 37.4. The first kappa shape index (κ1) is 20.8. The van der Waals surface area contributed by atoms with Crippen LogP contribution in [0.15, 0.2) is 18.2 Å². The molecule has 166 valence electrons. The van der Waals surface area contributed by atoms with Crippen LogP contribution in [-0.4, -0.2) is 72.2 Å². The summed E-state index contributed by atoms with van der Waals surface area (Å²) in [5, 5.41) is 36.1. The van der Waals surface area contributed by atoms with E-state index in [0.29, 0.717) is 12.8 Å². The summed E-state index contributed by atoms with van der Waals surface area (Å²) in [7, 11) is 0. The lowest BCUT2D eigenvalue weighted by atomic mass is 9.56. The summed E-state index contributed by atoms with van der Waals surface area (Å²) in [5.41, 5.74) is 0.768. The minimum Gasteiger partial charge on any atom is -0.772 e. The number of piperidine rings is 1. The van der Waals surface area contributed by atoms with Gasteiger partial charge in [-0.15, -0.1) is 0 Å². The van der Waals surface area contributed by atoms with Gasteiger partial charge in [-0.25, -0.2) is 0 Å². The standard InChI is InChI=1S/C22H32N2O5S/c25-17-4-3-15-9-19-22(27)12-16(20(26)23-6-8-30(28)29)11-21(22,18(15)10-17)5-7-24(19)13-14-1-2-14/h3-4,10,14,16,19-20,23,25-27H,1-2,5-9,11-13H2,(H,28,29)/p-1. The summed E-state index contributed by atoms with van der Waals surface area (Å²) in [4.78, 5) is 2.47. The largest absolute Gasteiger partial charge is 0.772 e. The molecular weight excluding hydrogens is 404 g/mol. The summed E-state index contributed by atoms with van der Waals surface area (Å²) >= 11 is -2.15. The Labute approximate surface area is 179 Å². The predicted octanol–water partition coefficient (Wildman–Crippen LogP) is 0.599. The number of phenols is 1. The molecule has 0 amide bonds. The Kier molecular flexibility index (Phi) is 5.24. The van der Waals surface area contributed by atoms with E-state index in [1.54, 1.807) is 6.07 Å². The molecule has 0 radical (unpaired) electrons. The number of aliphatic hydroxyl groups is 2. The maximum atomic E-state index is 12.2. The van der Waals surface area contributed by atoms with E-state index >= 15 is 0 Å². The van der Waals surface area contributed by atoms with Crippen molar-refractivity contribution in [3.05, 3.63) is 29.3 Å². The Morgan fingerprint density at radius 3 is 2.87 bits per heavy atom. The van der Waals surface area contributed by atoms with Gasteiger partial charge in [0.05, 0.1) is 5.60 Å². The zero-order valence-corrected chi connectivity index (χ0v) is 17.9. The summed E-state index contributed by atoms with van der Waals surface area (Å²) in [6, 6.07) is 5.54. The van der Waals surface area contributed by atoms with Gasteiger partial charge in [0, 0.05) is 36.2 Å². The third-order valence-corrected chi connectivity index (χ3v) is 8.65. The first-order chi connectivity index (χ1) is 14.3. The average molecular weight is 436 g/mol. The second-order valence-corrected chi connectivity index (χ2v) is 10.8. The molecule has 4 aliphatic rings. The molecule has 1 aromatic carbocycles. The number of phenolic OH excluding ortho intramolecular Hbond substituents is 1. The highest BCUT2D eigenvalue weighted by atomic mass is 32.2. The lowest BCUT2D eigenvalue weighted by molar-refractivity contribution is -0.132. The molecule has 6 atom stereocenters. The van der Waals surface area contributed by atoms with Gasteiger partial charge in [0.15, 0.2) is 0 Å². The average Bonchev–Trinajstić information content (AvgIpc) is 3.43. The van der Waals surface area contributed by atoms with Crippen molar-refractivity contribution >= 4 is 11.1 Å². The van der Waals surface area contributed by atoms with E-state index in [4.69, 9.17) is 0 Å². The smallest absolute Gasteiger partial charge is 0.115 e.